The number of fused-ring (bicyclic) bond motifs is 6. The molecule has 1 N–H and O–H groups in total. The number of esters is 3. The molecule has 5 heterocycles. The van der Waals surface area contributed by atoms with Crippen LogP contribution in [0.25, 0.3) is 10.9 Å². The molecule has 1 aromatic heterocycles. The van der Waals surface area contributed by atoms with Gasteiger partial charge in [-0.1, -0.05) is 131 Å². The fourth-order valence-electron chi connectivity index (χ4n) is 15.5. The summed E-state index contributed by atoms with van der Waals surface area (Å²) in [5.74, 6) is -1.37. The van der Waals surface area contributed by atoms with Gasteiger partial charge in [0, 0.05) is 84.4 Å². The molecule has 4 aliphatic heterocycles. The van der Waals surface area contributed by atoms with E-state index < -0.39 is 45.7 Å². The van der Waals surface area contributed by atoms with E-state index in [1.54, 1.807) is 17.8 Å². The van der Waals surface area contributed by atoms with Crippen LogP contribution in [0, 0.1) is 39.8 Å². The normalized spacial score (nSPS) is 31.1. The third-order valence-corrected chi connectivity index (χ3v) is 23.4. The maximum Gasteiger partial charge on any atom is 0.345 e. The third-order valence-electron chi connectivity index (χ3n) is 21.0. The van der Waals surface area contributed by atoms with Gasteiger partial charge in [-0.15, -0.1) is 18.3 Å². The molecule has 2 aliphatic carbocycles. The first-order valence-corrected chi connectivity index (χ1v) is 33.4. The van der Waals surface area contributed by atoms with Crippen LogP contribution in [0.3, 0.4) is 0 Å². The van der Waals surface area contributed by atoms with E-state index in [0.29, 0.717) is 78.1 Å². The molecular formula is C65H99FN4O8S2. The second kappa shape index (κ2) is 27.5. The van der Waals surface area contributed by atoms with Gasteiger partial charge in [0.25, 0.3) is 0 Å². The summed E-state index contributed by atoms with van der Waals surface area (Å²) in [6.45, 7) is 24.6. The third kappa shape index (κ3) is 13.4. The summed E-state index contributed by atoms with van der Waals surface area (Å²) in [7, 11) is 2.24. The van der Waals surface area contributed by atoms with Crippen molar-refractivity contribution in [1.29, 1.82) is 0 Å². The molecule has 0 spiro atoms. The van der Waals surface area contributed by atoms with Gasteiger partial charge in [-0.2, -0.15) is 0 Å². The van der Waals surface area contributed by atoms with Gasteiger partial charge in [0.05, 0.1) is 27.4 Å². The summed E-state index contributed by atoms with van der Waals surface area (Å²) in [6, 6.07) is 4.29. The van der Waals surface area contributed by atoms with Crippen molar-refractivity contribution in [1.82, 2.24) is 14.8 Å². The van der Waals surface area contributed by atoms with Crippen LogP contribution in [0.5, 0.6) is 0 Å². The minimum absolute atomic E-state index is 0.0000680. The van der Waals surface area contributed by atoms with Crippen molar-refractivity contribution in [3.05, 3.63) is 46.4 Å². The SMILES string of the molecule is C=C[C@@]1(C)C[C@H](OC(=O)CSC2CC3CCC(C2)N3C)[C@@](C)(C(C)CC)C2C(=O)CCC2(C)[C@H](C)[C@H]1OC(=O)CCCCCCCCCCC(CCCCCC)OC(=O)c1c2n(c3cc(N4CCNCC4)c(F)cc3c1=O)C(C)S2. The van der Waals surface area contributed by atoms with Crippen molar-refractivity contribution in [3.8, 4) is 0 Å². The zero-order chi connectivity index (χ0) is 57.5. The van der Waals surface area contributed by atoms with E-state index in [1.165, 1.54) is 30.7 Å². The van der Waals surface area contributed by atoms with Gasteiger partial charge in [0.2, 0.25) is 5.43 Å². The Bertz CT molecular complexity index is 2560. The molecular weight excluding hydrogens is 1050 g/mol. The number of hydrogen-bond acceptors (Lipinski definition) is 13. The van der Waals surface area contributed by atoms with Gasteiger partial charge in [0.1, 0.15) is 35.5 Å². The Morgan fingerprint density at radius 3 is 2.16 bits per heavy atom. The molecule has 2 aromatic rings. The second-order valence-corrected chi connectivity index (χ2v) is 28.6. The molecule has 15 heteroatoms. The van der Waals surface area contributed by atoms with Crippen LogP contribution in [0.1, 0.15) is 219 Å². The van der Waals surface area contributed by atoms with Crippen molar-refractivity contribution in [3.63, 3.8) is 0 Å². The average molecular weight is 1150 g/mol. The Labute approximate surface area is 487 Å². The number of piperazine rings is 1. The molecule has 12 atom stereocenters. The van der Waals surface area contributed by atoms with Crippen LogP contribution in [-0.2, 0) is 28.6 Å². The fraction of sp³-hybridized carbons (Fsp3) is 0.769. The van der Waals surface area contributed by atoms with Gasteiger partial charge in [0.15, 0.2) is 0 Å². The van der Waals surface area contributed by atoms with E-state index in [-0.39, 0.29) is 57.9 Å². The summed E-state index contributed by atoms with van der Waals surface area (Å²) in [5.41, 5.74) is -1.10. The Balaban J connectivity index is 0.818. The van der Waals surface area contributed by atoms with Crippen LogP contribution in [-0.4, -0.2) is 108 Å². The van der Waals surface area contributed by atoms with E-state index in [0.717, 1.165) is 122 Å². The number of piperidine rings is 1. The number of carbonyl (C=O) groups is 4. The molecule has 5 fully saturated rings. The molecule has 0 radical (unpaired) electrons. The number of ether oxygens (including phenoxy) is 3. The number of rotatable bonds is 27. The predicted octanol–water partition coefficient (Wildman–Crippen LogP) is 14.0. The standard InChI is InChI=1S/C65H99FN4O8S2/c1-11-14-15-22-25-47(76-62(75)57-58(74)49-38-50(66)52(69-34-32-67-33-35-69)39-51(49)70-44(6)80-61(57)70)26-23-20-18-16-17-19-21-24-27-55(72)78-60-43(5)64(8)31-30-53(71)59(64)65(9,42(4)12-2)54(40-63(60,7)13-3)77-56(73)41-79-48-36-45-28-29-46(37-48)68(45)10/h13,38-39,42-48,54,59-60,67H,3,11-12,14-37,40-41H2,1-2,4-10H3/t42?,43-,44?,45?,46?,47?,48?,54+,59?,60-,63+,64?,65-/m1/s1. The lowest BCUT2D eigenvalue weighted by atomic mass is 9.48. The summed E-state index contributed by atoms with van der Waals surface area (Å²) in [6.07, 6.45) is 21.4. The summed E-state index contributed by atoms with van der Waals surface area (Å²) in [4.78, 5) is 75.0. The number of unbranched alkanes of at least 4 members (excludes halogenated alkanes) is 10. The number of ketones is 1. The lowest BCUT2D eigenvalue weighted by Gasteiger charge is -2.58. The van der Waals surface area contributed by atoms with Gasteiger partial charge < -0.3 is 33.9 Å². The topological polar surface area (TPSA) is 136 Å². The molecule has 1 aromatic carbocycles. The van der Waals surface area contributed by atoms with Crippen LogP contribution < -0.4 is 15.6 Å². The maximum atomic E-state index is 15.7. The number of thioether (sulfide) groups is 2. The highest BCUT2D eigenvalue weighted by Crippen LogP contribution is 2.64. The van der Waals surface area contributed by atoms with Gasteiger partial charge in [-0.05, 0) is 108 Å². The Hall–Kier alpha value is -3.40. The van der Waals surface area contributed by atoms with E-state index >= 15 is 4.39 Å². The van der Waals surface area contributed by atoms with E-state index in [2.05, 4.69) is 72.3 Å². The molecule has 3 saturated heterocycles. The molecule has 80 heavy (non-hydrogen) atoms. The first-order valence-electron chi connectivity index (χ1n) is 31.4. The fourth-order valence-corrected chi connectivity index (χ4v) is 17.8. The minimum Gasteiger partial charge on any atom is -0.461 e. The highest BCUT2D eigenvalue weighted by atomic mass is 32.2. The molecule has 7 unspecified atom stereocenters. The van der Waals surface area contributed by atoms with Crippen molar-refractivity contribution in [2.75, 3.05) is 43.9 Å². The van der Waals surface area contributed by atoms with Gasteiger partial charge in [-0.3, -0.25) is 19.2 Å². The quantitative estimate of drug-likeness (QED) is 0.0394. The number of pyridine rings is 1. The first kappa shape index (κ1) is 62.6. The summed E-state index contributed by atoms with van der Waals surface area (Å²) >= 11 is 3.22. The Kier molecular flexibility index (Phi) is 21.6. The number of aromatic nitrogens is 1. The summed E-state index contributed by atoms with van der Waals surface area (Å²) in [5, 5.41) is 4.57. The largest absolute Gasteiger partial charge is 0.461 e. The van der Waals surface area contributed by atoms with Crippen molar-refractivity contribution in [2.45, 2.75) is 249 Å². The van der Waals surface area contributed by atoms with Gasteiger partial charge in [-0.25, -0.2) is 9.18 Å². The average Bonchev–Trinajstić information content (AvgIpc) is 3.82. The lowest BCUT2D eigenvalue weighted by molar-refractivity contribution is -0.198. The molecule has 8 rings (SSSR count). The van der Waals surface area contributed by atoms with Crippen molar-refractivity contribution >= 4 is 63.8 Å². The van der Waals surface area contributed by atoms with Crippen LogP contribution in [0.2, 0.25) is 0 Å². The molecule has 6 aliphatic rings. The second-order valence-electron chi connectivity index (χ2n) is 26.0. The summed E-state index contributed by atoms with van der Waals surface area (Å²) < 4.78 is 37.2. The van der Waals surface area contributed by atoms with E-state index in [9.17, 15) is 24.0 Å². The molecule has 2 saturated carbocycles. The number of nitrogens with zero attached hydrogens (tertiary/aromatic N) is 3. The Morgan fingerprint density at radius 1 is 0.900 bits per heavy atom. The highest BCUT2D eigenvalue weighted by molar-refractivity contribution is 8.00. The number of anilines is 1. The van der Waals surface area contributed by atoms with E-state index in [1.807, 2.05) is 22.5 Å². The van der Waals surface area contributed by atoms with Crippen molar-refractivity contribution in [2.24, 2.45) is 34.0 Å². The zero-order valence-corrected chi connectivity index (χ0v) is 51.9. The molecule has 12 nitrogen and oxygen atoms in total. The monoisotopic (exact) mass is 1150 g/mol. The lowest BCUT2D eigenvalue weighted by Crippen LogP contribution is -2.60. The van der Waals surface area contributed by atoms with Gasteiger partial charge >= 0.3 is 17.9 Å². The maximum absolute atomic E-state index is 15.7. The minimum atomic E-state index is -0.710. The number of nitrogens with one attached hydrogen (secondary N) is 1. The number of benzene rings is 1. The number of Topliss-reactive ketones (excluding diaryl/α,β-unsaturated/α-hetero) is 1. The number of halogens is 1. The first-order chi connectivity index (χ1) is 38.3. The molecule has 2 bridgehead atoms. The van der Waals surface area contributed by atoms with Crippen LogP contribution >= 0.6 is 23.5 Å². The van der Waals surface area contributed by atoms with E-state index in [4.69, 9.17) is 14.2 Å². The van der Waals surface area contributed by atoms with Crippen molar-refractivity contribution < 1.29 is 37.8 Å². The highest BCUT2D eigenvalue weighted by Gasteiger charge is 2.65. The number of carbonyl (C=O) groups excluding carboxylic acids is 4. The zero-order valence-electron chi connectivity index (χ0n) is 50.3. The Morgan fingerprint density at radius 2 is 1.54 bits per heavy atom. The molecule has 446 valence electrons. The predicted molar refractivity (Wildman–Crippen MR) is 323 cm³/mol. The van der Waals surface area contributed by atoms with Crippen LogP contribution in [0.4, 0.5) is 10.1 Å². The smallest absolute Gasteiger partial charge is 0.345 e. The number of hydrogen-bond donors (Lipinski definition) is 1. The van der Waals surface area contributed by atoms with Crippen LogP contribution in [0.15, 0.2) is 34.6 Å². The molecule has 0 amide bonds.